The van der Waals surface area contributed by atoms with Gasteiger partial charge in [-0.1, -0.05) is 12.1 Å². The highest BCUT2D eigenvalue weighted by Gasteiger charge is 2.23. The highest BCUT2D eigenvalue weighted by Crippen LogP contribution is 2.10. The third kappa shape index (κ3) is 2.36. The maximum atomic E-state index is 11.7. The summed E-state index contributed by atoms with van der Waals surface area (Å²) in [5.41, 5.74) is 0.348. The van der Waals surface area contributed by atoms with Crippen LogP contribution in [0, 0.1) is 5.92 Å². The number of hydrogen-bond acceptors (Lipinski definition) is 4. The van der Waals surface area contributed by atoms with Crippen molar-refractivity contribution in [2.24, 2.45) is 5.92 Å². The molecule has 1 aromatic heterocycles. The molecule has 0 saturated carbocycles. The maximum absolute atomic E-state index is 11.7. The van der Waals surface area contributed by atoms with Crippen LogP contribution >= 0.6 is 0 Å². The molecule has 2 unspecified atom stereocenters. The van der Waals surface area contributed by atoms with Gasteiger partial charge in [0.1, 0.15) is 6.26 Å². The maximum Gasteiger partial charge on any atom is 0.273 e. The van der Waals surface area contributed by atoms with Gasteiger partial charge in [0.2, 0.25) is 0 Å². The van der Waals surface area contributed by atoms with Gasteiger partial charge >= 0.3 is 0 Å². The first-order chi connectivity index (χ1) is 7.27. The zero-order valence-electron chi connectivity index (χ0n) is 8.69. The molecule has 15 heavy (non-hydrogen) atoms. The Hall–Kier alpha value is -1.36. The largest absolute Gasteiger partial charge is 0.364 e. The highest BCUT2D eigenvalue weighted by molar-refractivity contribution is 5.92. The number of rotatable bonds is 2. The zero-order chi connectivity index (χ0) is 10.7. The number of hydrogen-bond donors (Lipinski definition) is 2. The van der Waals surface area contributed by atoms with Crippen molar-refractivity contribution in [1.29, 1.82) is 0 Å². The zero-order valence-corrected chi connectivity index (χ0v) is 8.69. The number of aromatic nitrogens is 1. The van der Waals surface area contributed by atoms with E-state index in [4.69, 9.17) is 0 Å². The van der Waals surface area contributed by atoms with Crippen LogP contribution in [0.2, 0.25) is 0 Å². The lowest BCUT2D eigenvalue weighted by Gasteiger charge is -2.29. The molecule has 5 heteroatoms. The Balaban J connectivity index is 1.93. The van der Waals surface area contributed by atoms with Crippen molar-refractivity contribution < 1.29 is 9.32 Å². The number of carbonyl (C=O) groups is 1. The molecule has 1 aromatic rings. The fourth-order valence-corrected chi connectivity index (χ4v) is 1.80. The molecule has 2 atom stereocenters. The van der Waals surface area contributed by atoms with Crippen LogP contribution in [0.15, 0.2) is 16.9 Å². The molecule has 0 radical (unpaired) electrons. The van der Waals surface area contributed by atoms with Crippen molar-refractivity contribution >= 4 is 5.91 Å². The number of amides is 1. The first kappa shape index (κ1) is 10.2. The summed E-state index contributed by atoms with van der Waals surface area (Å²) in [6.45, 7) is 4.03. The Morgan fingerprint density at radius 3 is 3.27 bits per heavy atom. The second kappa shape index (κ2) is 4.44. The topological polar surface area (TPSA) is 67.2 Å². The normalized spacial score (nSPS) is 26.2. The van der Waals surface area contributed by atoms with Crippen LogP contribution in [0.1, 0.15) is 23.8 Å². The molecule has 2 rings (SSSR count). The molecule has 82 valence electrons. The summed E-state index contributed by atoms with van der Waals surface area (Å²) in [4.78, 5) is 11.7. The van der Waals surface area contributed by atoms with E-state index in [0.29, 0.717) is 11.6 Å². The molecular formula is C10H15N3O2. The van der Waals surface area contributed by atoms with Gasteiger partial charge in [0.25, 0.3) is 5.91 Å². The van der Waals surface area contributed by atoms with Crippen LogP contribution in [0.5, 0.6) is 0 Å². The van der Waals surface area contributed by atoms with Gasteiger partial charge in [-0.3, -0.25) is 4.79 Å². The second-order valence-corrected chi connectivity index (χ2v) is 3.93. The molecule has 1 aliphatic rings. The molecule has 1 aliphatic heterocycles. The summed E-state index contributed by atoms with van der Waals surface area (Å²) < 4.78 is 4.63. The van der Waals surface area contributed by atoms with Crippen LogP contribution in [-0.4, -0.2) is 30.2 Å². The van der Waals surface area contributed by atoms with Gasteiger partial charge in [-0.25, -0.2) is 0 Å². The SMILES string of the molecule is CC1CNCCC1NC(=O)c1ccon1. The Labute approximate surface area is 88.2 Å². The molecule has 1 amide bonds. The van der Waals surface area contributed by atoms with Crippen molar-refractivity contribution in [2.75, 3.05) is 13.1 Å². The van der Waals surface area contributed by atoms with E-state index in [9.17, 15) is 4.79 Å². The molecule has 1 fully saturated rings. The van der Waals surface area contributed by atoms with E-state index in [1.807, 2.05) is 0 Å². The van der Waals surface area contributed by atoms with Gasteiger partial charge in [0, 0.05) is 12.1 Å². The molecule has 1 saturated heterocycles. The molecular weight excluding hydrogens is 194 g/mol. The van der Waals surface area contributed by atoms with Crippen LogP contribution in [-0.2, 0) is 0 Å². The fraction of sp³-hybridized carbons (Fsp3) is 0.600. The minimum atomic E-state index is -0.150. The van der Waals surface area contributed by atoms with Gasteiger partial charge in [0.05, 0.1) is 0 Å². The Bertz CT molecular complexity index is 323. The molecule has 0 spiro atoms. The predicted molar refractivity (Wildman–Crippen MR) is 54.4 cm³/mol. The van der Waals surface area contributed by atoms with Gasteiger partial charge in [0.15, 0.2) is 5.69 Å². The average molecular weight is 209 g/mol. The fourth-order valence-electron chi connectivity index (χ4n) is 1.80. The summed E-state index contributed by atoms with van der Waals surface area (Å²) in [6, 6.07) is 1.80. The van der Waals surface area contributed by atoms with E-state index >= 15 is 0 Å². The lowest BCUT2D eigenvalue weighted by Crippen LogP contribution is -2.48. The molecule has 0 aromatic carbocycles. The Morgan fingerprint density at radius 2 is 2.60 bits per heavy atom. The van der Waals surface area contributed by atoms with Gasteiger partial charge in [-0.15, -0.1) is 0 Å². The van der Waals surface area contributed by atoms with E-state index in [2.05, 4.69) is 27.2 Å². The Morgan fingerprint density at radius 1 is 1.73 bits per heavy atom. The Kier molecular flexibility index (Phi) is 3.01. The summed E-state index contributed by atoms with van der Waals surface area (Å²) in [5, 5.41) is 9.86. The minimum Gasteiger partial charge on any atom is -0.364 e. The second-order valence-electron chi connectivity index (χ2n) is 3.93. The summed E-state index contributed by atoms with van der Waals surface area (Å²) in [7, 11) is 0. The summed E-state index contributed by atoms with van der Waals surface area (Å²) >= 11 is 0. The van der Waals surface area contributed by atoms with Gasteiger partial charge in [-0.05, 0) is 25.4 Å². The van der Waals surface area contributed by atoms with Crippen LogP contribution in [0.3, 0.4) is 0 Å². The third-order valence-electron chi connectivity index (χ3n) is 2.77. The molecule has 0 aliphatic carbocycles. The van der Waals surface area contributed by atoms with Crippen LogP contribution in [0.4, 0.5) is 0 Å². The summed E-state index contributed by atoms with van der Waals surface area (Å²) in [6.07, 6.45) is 2.37. The predicted octanol–water partition coefficient (Wildman–Crippen LogP) is 0.402. The quantitative estimate of drug-likeness (QED) is 0.740. The first-order valence-electron chi connectivity index (χ1n) is 5.19. The van der Waals surface area contributed by atoms with E-state index in [1.54, 1.807) is 6.07 Å². The number of carbonyl (C=O) groups excluding carboxylic acids is 1. The highest BCUT2D eigenvalue weighted by atomic mass is 16.5. The number of nitrogens with one attached hydrogen (secondary N) is 2. The number of piperidine rings is 1. The monoisotopic (exact) mass is 209 g/mol. The lowest BCUT2D eigenvalue weighted by molar-refractivity contribution is 0.0905. The van der Waals surface area contributed by atoms with Crippen LogP contribution in [0.25, 0.3) is 0 Å². The van der Waals surface area contributed by atoms with Crippen molar-refractivity contribution in [3.63, 3.8) is 0 Å². The van der Waals surface area contributed by atoms with Gasteiger partial charge in [-0.2, -0.15) is 0 Å². The average Bonchev–Trinajstić information content (AvgIpc) is 2.74. The molecule has 0 bridgehead atoms. The standard InChI is InChI=1S/C10H15N3O2/c1-7-6-11-4-2-8(7)12-10(14)9-3-5-15-13-9/h3,5,7-8,11H,2,4,6H2,1H3,(H,12,14). The van der Waals surface area contributed by atoms with E-state index < -0.39 is 0 Å². The van der Waals surface area contributed by atoms with E-state index in [-0.39, 0.29) is 11.9 Å². The van der Waals surface area contributed by atoms with Crippen molar-refractivity contribution in [3.8, 4) is 0 Å². The van der Waals surface area contributed by atoms with Crippen molar-refractivity contribution in [2.45, 2.75) is 19.4 Å². The van der Waals surface area contributed by atoms with Crippen LogP contribution < -0.4 is 10.6 Å². The van der Waals surface area contributed by atoms with Gasteiger partial charge < -0.3 is 15.2 Å². The molecule has 5 nitrogen and oxygen atoms in total. The van der Waals surface area contributed by atoms with E-state index in [1.165, 1.54) is 6.26 Å². The first-order valence-corrected chi connectivity index (χ1v) is 5.19. The van der Waals surface area contributed by atoms with E-state index in [0.717, 1.165) is 19.5 Å². The lowest BCUT2D eigenvalue weighted by atomic mass is 9.95. The van der Waals surface area contributed by atoms with Crippen molar-refractivity contribution in [1.82, 2.24) is 15.8 Å². The molecule has 2 N–H and O–H groups in total. The van der Waals surface area contributed by atoms with Crippen molar-refractivity contribution in [3.05, 3.63) is 18.0 Å². The smallest absolute Gasteiger partial charge is 0.273 e. The molecule has 2 heterocycles. The minimum absolute atomic E-state index is 0.150. The summed E-state index contributed by atoms with van der Waals surface area (Å²) in [5.74, 6) is 0.303. The third-order valence-corrected chi connectivity index (χ3v) is 2.77. The number of nitrogens with zero attached hydrogens (tertiary/aromatic N) is 1.